The van der Waals surface area contributed by atoms with Gasteiger partial charge < -0.3 is 20.1 Å². The number of nitrogens with one attached hydrogen (secondary N) is 3. The second-order valence-electron chi connectivity index (χ2n) is 8.99. The third-order valence-corrected chi connectivity index (χ3v) is 7.03. The molecule has 2 rings (SSSR count). The average molecular weight is 522 g/mol. The predicted octanol–water partition coefficient (Wildman–Crippen LogP) is 3.54. The standard InChI is InChI=1S/C25H35N3O5S2/c1-7-14-33-21-10-8-17(15-22(21)35(30,31)28-24(34)26-5)12-13-27-23(29)19-16-18(25(2,3)4)9-11-20(19)32-6/h8-11,15-16H,7,12-14H2,1-6H3,(H,27,29)(H2,26,28,34). The van der Waals surface area contributed by atoms with E-state index < -0.39 is 10.0 Å². The van der Waals surface area contributed by atoms with E-state index in [1.165, 1.54) is 14.2 Å². The lowest BCUT2D eigenvalue weighted by atomic mass is 9.86. The second-order valence-corrected chi connectivity index (χ2v) is 11.0. The van der Waals surface area contributed by atoms with Gasteiger partial charge in [0, 0.05) is 13.6 Å². The van der Waals surface area contributed by atoms with Crippen LogP contribution in [0.2, 0.25) is 0 Å². The smallest absolute Gasteiger partial charge is 0.267 e. The minimum absolute atomic E-state index is 0.00748. The van der Waals surface area contributed by atoms with E-state index in [4.69, 9.17) is 21.7 Å². The Morgan fingerprint density at radius 1 is 1.09 bits per heavy atom. The van der Waals surface area contributed by atoms with Crippen LogP contribution >= 0.6 is 12.2 Å². The minimum Gasteiger partial charge on any atom is -0.496 e. The Bertz CT molecular complexity index is 1160. The lowest BCUT2D eigenvalue weighted by Gasteiger charge is -2.21. The lowest BCUT2D eigenvalue weighted by Crippen LogP contribution is -2.37. The highest BCUT2D eigenvalue weighted by Crippen LogP contribution is 2.28. The van der Waals surface area contributed by atoms with E-state index >= 15 is 0 Å². The van der Waals surface area contributed by atoms with Gasteiger partial charge >= 0.3 is 0 Å². The minimum atomic E-state index is -3.95. The lowest BCUT2D eigenvalue weighted by molar-refractivity contribution is 0.0951. The van der Waals surface area contributed by atoms with Crippen molar-refractivity contribution in [3.8, 4) is 11.5 Å². The van der Waals surface area contributed by atoms with E-state index in [1.54, 1.807) is 24.3 Å². The number of ether oxygens (including phenoxy) is 2. The molecule has 1 amide bonds. The van der Waals surface area contributed by atoms with E-state index in [0.29, 0.717) is 30.9 Å². The predicted molar refractivity (Wildman–Crippen MR) is 142 cm³/mol. The number of thiocarbonyl (C=S) groups is 1. The zero-order valence-electron chi connectivity index (χ0n) is 21.2. The van der Waals surface area contributed by atoms with Gasteiger partial charge in [-0.25, -0.2) is 8.42 Å². The number of hydrogen-bond donors (Lipinski definition) is 3. The molecule has 0 saturated heterocycles. The number of methoxy groups -OCH3 is 1. The molecule has 0 saturated carbocycles. The molecule has 0 radical (unpaired) electrons. The highest BCUT2D eigenvalue weighted by molar-refractivity contribution is 7.92. The summed E-state index contributed by atoms with van der Waals surface area (Å²) in [4.78, 5) is 12.9. The fraction of sp³-hybridized carbons (Fsp3) is 0.440. The zero-order valence-corrected chi connectivity index (χ0v) is 22.8. The van der Waals surface area contributed by atoms with Gasteiger partial charge in [0.05, 0.1) is 19.3 Å². The normalized spacial score (nSPS) is 11.5. The number of benzene rings is 2. The summed E-state index contributed by atoms with van der Waals surface area (Å²) in [5.74, 6) is 0.479. The average Bonchev–Trinajstić information content (AvgIpc) is 2.81. The van der Waals surface area contributed by atoms with E-state index in [0.717, 1.165) is 17.5 Å². The van der Waals surface area contributed by atoms with Crippen LogP contribution in [0, 0.1) is 0 Å². The van der Waals surface area contributed by atoms with Gasteiger partial charge in [0.15, 0.2) is 5.11 Å². The largest absolute Gasteiger partial charge is 0.496 e. The summed E-state index contributed by atoms with van der Waals surface area (Å²) in [5.41, 5.74) is 2.08. The van der Waals surface area contributed by atoms with Gasteiger partial charge in [-0.1, -0.05) is 39.8 Å². The van der Waals surface area contributed by atoms with Crippen LogP contribution in [0.25, 0.3) is 0 Å². The highest BCUT2D eigenvalue weighted by Gasteiger charge is 2.22. The fourth-order valence-electron chi connectivity index (χ4n) is 3.24. The maximum absolute atomic E-state index is 12.9. The van der Waals surface area contributed by atoms with Crippen molar-refractivity contribution in [3.05, 3.63) is 53.1 Å². The van der Waals surface area contributed by atoms with E-state index in [-0.39, 0.29) is 27.1 Å². The quantitative estimate of drug-likeness (QED) is 0.411. The third kappa shape index (κ3) is 7.83. The second kappa shape index (κ2) is 12.2. The molecule has 0 unspecified atom stereocenters. The van der Waals surface area contributed by atoms with Crippen molar-refractivity contribution < 1.29 is 22.7 Å². The summed E-state index contributed by atoms with van der Waals surface area (Å²) in [6.45, 7) is 8.85. The number of amides is 1. The fourth-order valence-corrected chi connectivity index (χ4v) is 4.73. The molecule has 0 fully saturated rings. The molecule has 0 atom stereocenters. The Balaban J connectivity index is 2.21. The van der Waals surface area contributed by atoms with Gasteiger partial charge in [-0.05, 0) is 65.9 Å². The summed E-state index contributed by atoms with van der Waals surface area (Å²) in [5, 5.41) is 5.48. The van der Waals surface area contributed by atoms with E-state index in [9.17, 15) is 13.2 Å². The van der Waals surface area contributed by atoms with Crippen LogP contribution in [-0.4, -0.2) is 46.7 Å². The molecule has 0 heterocycles. The molecule has 3 N–H and O–H groups in total. The van der Waals surface area contributed by atoms with Crippen molar-refractivity contribution in [3.63, 3.8) is 0 Å². The molecule has 0 aliphatic heterocycles. The first-order chi connectivity index (χ1) is 16.4. The van der Waals surface area contributed by atoms with Crippen LogP contribution in [0.3, 0.4) is 0 Å². The molecule has 2 aromatic carbocycles. The molecule has 0 aliphatic carbocycles. The van der Waals surface area contributed by atoms with Crippen molar-refractivity contribution in [1.82, 2.24) is 15.4 Å². The van der Waals surface area contributed by atoms with Crippen molar-refractivity contribution in [2.45, 2.75) is 50.8 Å². The Kier molecular flexibility index (Phi) is 9.91. The number of carbonyl (C=O) groups is 1. The van der Waals surface area contributed by atoms with Crippen molar-refractivity contribution in [2.75, 3.05) is 27.3 Å². The van der Waals surface area contributed by atoms with Gasteiger partial charge in [-0.15, -0.1) is 0 Å². The van der Waals surface area contributed by atoms with Crippen LogP contribution in [-0.2, 0) is 21.9 Å². The summed E-state index contributed by atoms with van der Waals surface area (Å²) in [6, 6.07) is 10.5. The van der Waals surface area contributed by atoms with Crippen molar-refractivity contribution in [2.24, 2.45) is 0 Å². The summed E-state index contributed by atoms with van der Waals surface area (Å²) < 4.78 is 39.1. The molecule has 2 aromatic rings. The zero-order chi connectivity index (χ0) is 26.2. The van der Waals surface area contributed by atoms with Crippen molar-refractivity contribution in [1.29, 1.82) is 0 Å². The molecule has 0 aliphatic rings. The van der Waals surface area contributed by atoms with E-state index in [2.05, 4.69) is 36.1 Å². The molecular weight excluding hydrogens is 486 g/mol. The van der Waals surface area contributed by atoms with Crippen molar-refractivity contribution >= 4 is 33.3 Å². The molecule has 0 bridgehead atoms. The Hall–Kier alpha value is -2.85. The van der Waals surface area contributed by atoms with E-state index in [1.807, 2.05) is 19.1 Å². The number of carbonyl (C=O) groups excluding carboxylic acids is 1. The van der Waals surface area contributed by atoms with Crippen LogP contribution in [0.15, 0.2) is 41.3 Å². The first kappa shape index (κ1) is 28.4. The summed E-state index contributed by atoms with van der Waals surface area (Å²) in [6.07, 6.45) is 1.15. The number of rotatable bonds is 10. The number of hydrogen-bond acceptors (Lipinski definition) is 6. The molecule has 0 aromatic heterocycles. The first-order valence-electron chi connectivity index (χ1n) is 11.4. The highest BCUT2D eigenvalue weighted by atomic mass is 32.2. The first-order valence-corrected chi connectivity index (χ1v) is 13.3. The maximum Gasteiger partial charge on any atom is 0.267 e. The SMILES string of the molecule is CCCOc1ccc(CCNC(=O)c2cc(C(C)(C)C)ccc2OC)cc1S(=O)(=O)NC(=S)NC. The Labute approximate surface area is 213 Å². The molecule has 192 valence electrons. The molecule has 8 nitrogen and oxygen atoms in total. The van der Waals surface area contributed by atoms with Crippen LogP contribution < -0.4 is 24.8 Å². The van der Waals surface area contributed by atoms with Crippen LogP contribution in [0.1, 0.15) is 55.6 Å². The summed E-state index contributed by atoms with van der Waals surface area (Å²) >= 11 is 4.96. The third-order valence-electron chi connectivity index (χ3n) is 5.22. The topological polar surface area (TPSA) is 106 Å². The maximum atomic E-state index is 12.9. The monoisotopic (exact) mass is 521 g/mol. The van der Waals surface area contributed by atoms with Crippen LogP contribution in [0.5, 0.6) is 11.5 Å². The molecule has 10 heteroatoms. The Morgan fingerprint density at radius 3 is 2.37 bits per heavy atom. The van der Waals surface area contributed by atoms with Crippen LogP contribution in [0.4, 0.5) is 0 Å². The molecule has 35 heavy (non-hydrogen) atoms. The molecule has 0 spiro atoms. The Morgan fingerprint density at radius 2 is 1.77 bits per heavy atom. The van der Waals surface area contributed by atoms with Gasteiger partial charge in [0.25, 0.3) is 15.9 Å². The van der Waals surface area contributed by atoms with Gasteiger partial charge in [-0.2, -0.15) is 0 Å². The van der Waals surface area contributed by atoms with Gasteiger partial charge in [-0.3, -0.25) is 9.52 Å². The summed E-state index contributed by atoms with van der Waals surface area (Å²) in [7, 11) is -0.889. The van der Waals surface area contributed by atoms with Gasteiger partial charge in [0.1, 0.15) is 16.4 Å². The number of sulfonamides is 1. The molecular formula is C25H35N3O5S2. The van der Waals surface area contributed by atoms with Gasteiger partial charge in [0.2, 0.25) is 0 Å².